The van der Waals surface area contributed by atoms with Crippen LogP contribution in [0.1, 0.15) is 46.5 Å². The smallest absolute Gasteiger partial charge is 0.262 e. The highest BCUT2D eigenvalue weighted by Crippen LogP contribution is 2.31. The number of carbonyl (C=O) groups is 3. The minimum Gasteiger partial charge on any atom is -0.350 e. The summed E-state index contributed by atoms with van der Waals surface area (Å²) in [6.07, 6.45) is 0.332. The van der Waals surface area contributed by atoms with E-state index in [4.69, 9.17) is 0 Å². The summed E-state index contributed by atoms with van der Waals surface area (Å²) in [6, 6.07) is 16.2. The molecule has 0 bridgehead atoms. The lowest BCUT2D eigenvalue weighted by Crippen LogP contribution is -2.58. The van der Waals surface area contributed by atoms with Gasteiger partial charge in [-0.25, -0.2) is 0 Å². The minimum atomic E-state index is -1.23. The number of benzene rings is 2. The Morgan fingerprint density at radius 1 is 0.960 bits per heavy atom. The third kappa shape index (κ3) is 2.82. The molecule has 0 radical (unpaired) electrons. The van der Waals surface area contributed by atoms with E-state index in [1.807, 2.05) is 30.3 Å². The third-order valence-corrected chi connectivity index (χ3v) is 4.76. The maximum Gasteiger partial charge on any atom is 0.262 e. The van der Waals surface area contributed by atoms with Crippen LogP contribution in [0.3, 0.4) is 0 Å². The Bertz CT molecular complexity index is 797. The van der Waals surface area contributed by atoms with Gasteiger partial charge in [-0.3, -0.25) is 19.3 Å². The molecule has 1 heterocycles. The molecule has 25 heavy (non-hydrogen) atoms. The lowest BCUT2D eigenvalue weighted by Gasteiger charge is -2.35. The Morgan fingerprint density at radius 3 is 2.00 bits per heavy atom. The van der Waals surface area contributed by atoms with Gasteiger partial charge in [0.15, 0.2) is 0 Å². The molecule has 1 aliphatic rings. The number of nitrogens with zero attached hydrogens (tertiary/aromatic N) is 1. The number of hydrogen-bond acceptors (Lipinski definition) is 3. The number of imide groups is 1. The standard InChI is InChI=1S/C20H20N2O3/c1-3-20(2,19(25)21-13-14-9-5-4-6-10-14)22-17(23)15-11-7-8-12-16(15)18(22)24/h4-12H,3,13H2,1-2H3,(H,21,25)/t20-/m1/s1. The predicted molar refractivity (Wildman–Crippen MR) is 93.9 cm³/mol. The summed E-state index contributed by atoms with van der Waals surface area (Å²) in [7, 11) is 0. The van der Waals surface area contributed by atoms with Crippen LogP contribution >= 0.6 is 0 Å². The normalized spacial score (nSPS) is 15.7. The maximum absolute atomic E-state index is 12.8. The number of rotatable bonds is 5. The van der Waals surface area contributed by atoms with Gasteiger partial charge in [-0.2, -0.15) is 0 Å². The van der Waals surface area contributed by atoms with Crippen LogP contribution < -0.4 is 5.32 Å². The number of hydrogen-bond donors (Lipinski definition) is 1. The molecular weight excluding hydrogens is 316 g/mol. The van der Waals surface area contributed by atoms with Crippen molar-refractivity contribution in [3.05, 3.63) is 71.3 Å². The van der Waals surface area contributed by atoms with Crippen LogP contribution in [0, 0.1) is 0 Å². The van der Waals surface area contributed by atoms with E-state index in [1.54, 1.807) is 38.1 Å². The van der Waals surface area contributed by atoms with Crippen molar-refractivity contribution >= 4 is 17.7 Å². The van der Waals surface area contributed by atoms with Gasteiger partial charge >= 0.3 is 0 Å². The fourth-order valence-electron chi connectivity index (χ4n) is 3.03. The van der Waals surface area contributed by atoms with Crippen molar-refractivity contribution in [3.8, 4) is 0 Å². The fourth-order valence-corrected chi connectivity index (χ4v) is 3.03. The molecule has 1 atom stereocenters. The van der Waals surface area contributed by atoms with Gasteiger partial charge in [-0.05, 0) is 31.0 Å². The van der Waals surface area contributed by atoms with E-state index in [9.17, 15) is 14.4 Å². The zero-order chi connectivity index (χ0) is 18.0. The van der Waals surface area contributed by atoms with Gasteiger partial charge in [0.25, 0.3) is 11.8 Å². The van der Waals surface area contributed by atoms with Crippen molar-refractivity contribution in [2.75, 3.05) is 0 Å². The Hall–Kier alpha value is -2.95. The van der Waals surface area contributed by atoms with E-state index in [2.05, 4.69) is 5.32 Å². The molecule has 3 amide bonds. The van der Waals surface area contributed by atoms with Crippen molar-refractivity contribution in [3.63, 3.8) is 0 Å². The fraction of sp³-hybridized carbons (Fsp3) is 0.250. The molecule has 0 unspecified atom stereocenters. The summed E-state index contributed by atoms with van der Waals surface area (Å²) in [5, 5.41) is 2.85. The zero-order valence-electron chi connectivity index (χ0n) is 14.3. The Kier molecular flexibility index (Phi) is 4.40. The second-order valence-electron chi connectivity index (χ2n) is 6.29. The lowest BCUT2D eigenvalue weighted by atomic mass is 9.94. The van der Waals surface area contributed by atoms with Gasteiger partial charge in [-0.1, -0.05) is 49.4 Å². The quantitative estimate of drug-likeness (QED) is 0.854. The summed E-state index contributed by atoms with van der Waals surface area (Å²) in [4.78, 5) is 39.4. The summed E-state index contributed by atoms with van der Waals surface area (Å²) in [5.74, 6) is -1.17. The molecule has 5 nitrogen and oxygen atoms in total. The largest absolute Gasteiger partial charge is 0.350 e. The van der Waals surface area contributed by atoms with Gasteiger partial charge < -0.3 is 5.32 Å². The zero-order valence-corrected chi connectivity index (χ0v) is 14.3. The van der Waals surface area contributed by atoms with Crippen molar-refractivity contribution in [2.45, 2.75) is 32.4 Å². The molecule has 128 valence electrons. The Morgan fingerprint density at radius 2 is 1.48 bits per heavy atom. The van der Waals surface area contributed by atoms with Crippen molar-refractivity contribution < 1.29 is 14.4 Å². The molecule has 2 aromatic rings. The highest BCUT2D eigenvalue weighted by Gasteiger charge is 2.49. The van der Waals surface area contributed by atoms with Crippen LogP contribution in [-0.4, -0.2) is 28.2 Å². The first-order valence-corrected chi connectivity index (χ1v) is 8.29. The molecule has 0 fully saturated rings. The topological polar surface area (TPSA) is 66.5 Å². The monoisotopic (exact) mass is 336 g/mol. The highest BCUT2D eigenvalue weighted by atomic mass is 16.2. The van der Waals surface area contributed by atoms with Crippen molar-refractivity contribution in [1.29, 1.82) is 0 Å². The number of nitrogens with one attached hydrogen (secondary N) is 1. The minimum absolute atomic E-state index is 0.332. The maximum atomic E-state index is 12.8. The van der Waals surface area contributed by atoms with E-state index < -0.39 is 17.4 Å². The second-order valence-corrected chi connectivity index (χ2v) is 6.29. The lowest BCUT2D eigenvalue weighted by molar-refractivity contribution is -0.130. The van der Waals surface area contributed by atoms with Crippen LogP contribution in [0.2, 0.25) is 0 Å². The molecule has 2 aromatic carbocycles. The first-order valence-electron chi connectivity index (χ1n) is 8.29. The molecule has 0 saturated heterocycles. The summed E-state index contributed by atoms with van der Waals surface area (Å²) in [5.41, 5.74) is 0.421. The molecule has 0 aliphatic carbocycles. The number of fused-ring (bicyclic) bond motifs is 1. The van der Waals surface area contributed by atoms with E-state index in [0.717, 1.165) is 10.5 Å². The Labute approximate surface area is 146 Å². The van der Waals surface area contributed by atoms with Gasteiger partial charge in [0.05, 0.1) is 11.1 Å². The van der Waals surface area contributed by atoms with Gasteiger partial charge in [-0.15, -0.1) is 0 Å². The molecule has 0 aromatic heterocycles. The van der Waals surface area contributed by atoms with Gasteiger partial charge in [0.1, 0.15) is 5.54 Å². The van der Waals surface area contributed by atoms with Gasteiger partial charge in [0.2, 0.25) is 5.91 Å². The van der Waals surface area contributed by atoms with Crippen molar-refractivity contribution in [1.82, 2.24) is 10.2 Å². The average molecular weight is 336 g/mol. The van der Waals surface area contributed by atoms with Crippen LogP contribution in [0.25, 0.3) is 0 Å². The first kappa shape index (κ1) is 16.9. The molecule has 0 spiro atoms. The highest BCUT2D eigenvalue weighted by molar-refractivity contribution is 6.23. The summed E-state index contributed by atoms with van der Waals surface area (Å²) < 4.78 is 0. The summed E-state index contributed by atoms with van der Waals surface area (Å²) >= 11 is 0. The number of amides is 3. The van der Waals surface area contributed by atoms with E-state index in [1.165, 1.54) is 0 Å². The van der Waals surface area contributed by atoms with Gasteiger partial charge in [0, 0.05) is 6.54 Å². The van der Waals surface area contributed by atoms with E-state index in [-0.39, 0.29) is 5.91 Å². The molecule has 1 N–H and O–H groups in total. The average Bonchev–Trinajstić information content (AvgIpc) is 2.91. The van der Waals surface area contributed by atoms with Crippen LogP contribution in [0.5, 0.6) is 0 Å². The van der Waals surface area contributed by atoms with Crippen molar-refractivity contribution in [2.24, 2.45) is 0 Å². The van der Waals surface area contributed by atoms with Crippen LogP contribution in [0.15, 0.2) is 54.6 Å². The predicted octanol–water partition coefficient (Wildman–Crippen LogP) is 2.77. The number of carbonyl (C=O) groups excluding carboxylic acids is 3. The first-order chi connectivity index (χ1) is 12.0. The van der Waals surface area contributed by atoms with Crippen LogP contribution in [-0.2, 0) is 11.3 Å². The van der Waals surface area contributed by atoms with Crippen LogP contribution in [0.4, 0.5) is 0 Å². The Balaban J connectivity index is 1.84. The molecular formula is C20H20N2O3. The van der Waals surface area contributed by atoms with E-state index >= 15 is 0 Å². The third-order valence-electron chi connectivity index (χ3n) is 4.76. The van der Waals surface area contributed by atoms with E-state index in [0.29, 0.717) is 24.1 Å². The molecule has 5 heteroatoms. The molecule has 1 aliphatic heterocycles. The molecule has 0 saturated carbocycles. The summed E-state index contributed by atoms with van der Waals surface area (Å²) in [6.45, 7) is 3.78. The molecule has 3 rings (SSSR count). The second kappa shape index (κ2) is 6.51. The SMILES string of the molecule is CC[C@](C)(C(=O)NCc1ccccc1)N1C(=O)c2ccccc2C1=O.